The molecule has 3 rings (SSSR count). The molecule has 0 radical (unpaired) electrons. The quantitative estimate of drug-likeness (QED) is 0.430. The number of nitrogens with zero attached hydrogens (tertiary/aromatic N) is 1. The molecule has 3 aliphatic rings. The molecule has 2 aliphatic carbocycles. The minimum absolute atomic E-state index is 0.186. The summed E-state index contributed by atoms with van der Waals surface area (Å²) in [6.45, 7) is 0. The molecule has 0 bridgehead atoms. The smallest absolute Gasteiger partial charge is 0.369 e. The van der Waals surface area contributed by atoms with Gasteiger partial charge in [-0.1, -0.05) is 38.5 Å². The van der Waals surface area contributed by atoms with Crippen molar-refractivity contribution in [2.75, 3.05) is 0 Å². The lowest BCUT2D eigenvalue weighted by Gasteiger charge is -2.61. The summed E-state index contributed by atoms with van der Waals surface area (Å²) in [6, 6.07) is -2.32. The van der Waals surface area contributed by atoms with Crippen molar-refractivity contribution < 1.29 is 53.1 Å². The Morgan fingerprint density at radius 2 is 1.24 bits per heavy atom. The molecule has 0 saturated heterocycles. The fourth-order valence-electron chi connectivity index (χ4n) is 5.29. The van der Waals surface area contributed by atoms with Crippen LogP contribution < -0.4 is 5.32 Å². The van der Waals surface area contributed by atoms with Gasteiger partial charge in [-0.25, -0.2) is 0 Å². The molecule has 1 N–H and O–H groups in total. The molecule has 1 heterocycles. The predicted octanol–water partition coefficient (Wildman–Crippen LogP) is 6.40. The fraction of sp³-hybridized carbons (Fsp3) is 0.850. The largest absolute Gasteiger partial charge is 0.456 e. The molecule has 2 fully saturated rings. The third-order valence-corrected chi connectivity index (χ3v) is 6.79. The van der Waals surface area contributed by atoms with Crippen LogP contribution in [0, 0.1) is 0 Å². The van der Waals surface area contributed by atoms with Crippen LogP contribution in [0.25, 0.3) is 0 Å². The van der Waals surface area contributed by atoms with Crippen LogP contribution in [-0.4, -0.2) is 52.8 Å². The molecule has 34 heavy (non-hydrogen) atoms. The molecule has 0 amide bonds. The summed E-state index contributed by atoms with van der Waals surface area (Å²) < 4.78 is 153. The highest BCUT2D eigenvalue weighted by Gasteiger charge is 2.89. The average molecular weight is 516 g/mol. The molecule has 1 atom stereocenters. The number of halogens is 11. The van der Waals surface area contributed by atoms with E-state index in [1.165, 1.54) is 0 Å². The highest BCUT2D eigenvalue weighted by Crippen LogP contribution is 2.64. The van der Waals surface area contributed by atoms with Gasteiger partial charge < -0.3 is 10.2 Å². The lowest BCUT2D eigenvalue weighted by atomic mass is 9.69. The van der Waals surface area contributed by atoms with E-state index < -0.39 is 59.3 Å². The standard InChI is InChI=1S/C20H23F11N2O/c21-17(22,23)14(34)13-15(32-11-7-3-1-4-8-11)33(12-9-5-2-6-10-12)16(13,19(26,27)28)18(24,25)20(29,30)31/h11-12,32H,1-10H2. The minimum Gasteiger partial charge on any atom is -0.369 e. The number of hydrogen-bond acceptors (Lipinski definition) is 3. The van der Waals surface area contributed by atoms with Crippen LogP contribution in [0.15, 0.2) is 11.4 Å². The topological polar surface area (TPSA) is 32.3 Å². The second kappa shape index (κ2) is 8.72. The van der Waals surface area contributed by atoms with E-state index >= 15 is 0 Å². The van der Waals surface area contributed by atoms with Gasteiger partial charge in [0.05, 0.1) is 5.57 Å². The first-order valence-corrected chi connectivity index (χ1v) is 10.9. The summed E-state index contributed by atoms with van der Waals surface area (Å²) in [4.78, 5) is 11.8. The van der Waals surface area contributed by atoms with E-state index in [1.54, 1.807) is 0 Å². The van der Waals surface area contributed by atoms with Gasteiger partial charge in [0.2, 0.25) is 5.54 Å². The van der Waals surface area contributed by atoms with Crippen LogP contribution in [0.2, 0.25) is 0 Å². The summed E-state index contributed by atoms with van der Waals surface area (Å²) >= 11 is 0. The Morgan fingerprint density at radius 1 is 0.765 bits per heavy atom. The molecule has 1 aliphatic heterocycles. The second-order valence-electron chi connectivity index (χ2n) is 8.97. The third-order valence-electron chi connectivity index (χ3n) is 6.79. The highest BCUT2D eigenvalue weighted by atomic mass is 19.4. The average Bonchev–Trinajstić information content (AvgIpc) is 2.69. The normalized spacial score (nSPS) is 26.5. The van der Waals surface area contributed by atoms with Gasteiger partial charge in [-0.15, -0.1) is 0 Å². The Kier molecular flexibility index (Phi) is 6.88. The molecular weight excluding hydrogens is 493 g/mol. The third kappa shape index (κ3) is 4.12. The zero-order valence-corrected chi connectivity index (χ0v) is 17.7. The number of Topliss-reactive ketones (excluding diaryl/α,β-unsaturated/α-hetero) is 1. The van der Waals surface area contributed by atoms with Gasteiger partial charge in [0.15, 0.2) is 0 Å². The highest BCUT2D eigenvalue weighted by molar-refractivity contribution is 6.04. The first-order valence-electron chi connectivity index (χ1n) is 10.9. The molecule has 1 unspecified atom stereocenters. The zero-order valence-electron chi connectivity index (χ0n) is 17.7. The van der Waals surface area contributed by atoms with Crippen molar-refractivity contribution in [3.63, 3.8) is 0 Å². The Labute approximate surface area is 187 Å². The van der Waals surface area contributed by atoms with Crippen molar-refractivity contribution in [2.45, 2.75) is 106 Å². The maximum Gasteiger partial charge on any atom is 0.456 e. The van der Waals surface area contributed by atoms with Crippen molar-refractivity contribution in [2.24, 2.45) is 0 Å². The lowest BCUT2D eigenvalue weighted by Crippen LogP contribution is -2.82. The first-order chi connectivity index (χ1) is 15.5. The molecule has 14 heteroatoms. The second-order valence-corrected chi connectivity index (χ2v) is 8.97. The number of nitrogens with one attached hydrogen (secondary N) is 1. The fourth-order valence-corrected chi connectivity index (χ4v) is 5.29. The number of ketones is 1. The summed E-state index contributed by atoms with van der Waals surface area (Å²) in [7, 11) is 0. The van der Waals surface area contributed by atoms with Gasteiger partial charge in [0.1, 0.15) is 5.82 Å². The minimum atomic E-state index is -6.89. The molecule has 3 nitrogen and oxygen atoms in total. The van der Waals surface area contributed by atoms with E-state index in [9.17, 15) is 53.1 Å². The first kappa shape index (κ1) is 26.8. The number of alkyl halides is 11. The molecule has 2 saturated carbocycles. The van der Waals surface area contributed by atoms with E-state index in [2.05, 4.69) is 5.32 Å². The van der Waals surface area contributed by atoms with E-state index in [4.69, 9.17) is 0 Å². The summed E-state index contributed by atoms with van der Waals surface area (Å²) in [5.74, 6) is -11.3. The van der Waals surface area contributed by atoms with E-state index in [0.717, 1.165) is 6.42 Å². The Balaban J connectivity index is 2.32. The summed E-state index contributed by atoms with van der Waals surface area (Å²) in [5, 5.41) is 2.34. The summed E-state index contributed by atoms with van der Waals surface area (Å²) in [5.41, 5.74) is -8.12. The number of carbonyl (C=O) groups excluding carboxylic acids is 1. The van der Waals surface area contributed by atoms with E-state index in [1.807, 2.05) is 0 Å². The van der Waals surface area contributed by atoms with Crippen LogP contribution in [0.3, 0.4) is 0 Å². The molecular formula is C20H23F11N2O. The van der Waals surface area contributed by atoms with Crippen LogP contribution in [0.4, 0.5) is 48.3 Å². The molecule has 0 spiro atoms. The van der Waals surface area contributed by atoms with Gasteiger partial charge in [0, 0.05) is 12.1 Å². The van der Waals surface area contributed by atoms with E-state index in [-0.39, 0.29) is 43.4 Å². The molecule has 0 aromatic rings. The van der Waals surface area contributed by atoms with Crippen LogP contribution in [0.5, 0.6) is 0 Å². The van der Waals surface area contributed by atoms with Crippen LogP contribution in [-0.2, 0) is 4.79 Å². The summed E-state index contributed by atoms with van der Waals surface area (Å²) in [6.07, 6.45) is -16.9. The van der Waals surface area contributed by atoms with Crippen molar-refractivity contribution >= 4 is 5.78 Å². The Morgan fingerprint density at radius 3 is 1.65 bits per heavy atom. The molecule has 0 aromatic heterocycles. The van der Waals surface area contributed by atoms with Gasteiger partial charge >= 0.3 is 24.5 Å². The zero-order chi connectivity index (χ0) is 25.7. The number of rotatable bonds is 5. The van der Waals surface area contributed by atoms with E-state index in [0.29, 0.717) is 19.3 Å². The van der Waals surface area contributed by atoms with Crippen molar-refractivity contribution in [3.05, 3.63) is 11.4 Å². The van der Waals surface area contributed by atoms with Crippen molar-refractivity contribution in [1.29, 1.82) is 0 Å². The molecule has 0 aromatic carbocycles. The van der Waals surface area contributed by atoms with Gasteiger partial charge in [0.25, 0.3) is 5.78 Å². The van der Waals surface area contributed by atoms with Crippen LogP contribution in [0.1, 0.15) is 64.2 Å². The number of hydrogen-bond donors (Lipinski definition) is 1. The number of carbonyl (C=O) groups is 1. The van der Waals surface area contributed by atoms with Crippen molar-refractivity contribution in [1.82, 2.24) is 10.2 Å². The predicted molar refractivity (Wildman–Crippen MR) is 96.6 cm³/mol. The maximum atomic E-state index is 14.8. The van der Waals surface area contributed by atoms with Gasteiger partial charge in [-0.3, -0.25) is 4.79 Å². The van der Waals surface area contributed by atoms with Gasteiger partial charge in [-0.05, 0) is 25.7 Å². The molecule has 196 valence electrons. The Bertz CT molecular complexity index is 803. The lowest BCUT2D eigenvalue weighted by molar-refractivity contribution is -0.382. The SMILES string of the molecule is O=C(C1=C(NC2CCCCC2)N(C2CCCCC2)C1(C(F)(F)F)C(F)(F)C(F)(F)F)C(F)(F)F. The Hall–Kier alpha value is -1.76. The monoisotopic (exact) mass is 516 g/mol. The maximum absolute atomic E-state index is 14.8. The van der Waals surface area contributed by atoms with Crippen molar-refractivity contribution in [3.8, 4) is 0 Å². The van der Waals surface area contributed by atoms with Crippen LogP contribution >= 0.6 is 0 Å². The van der Waals surface area contributed by atoms with Gasteiger partial charge in [-0.2, -0.15) is 48.3 Å².